The first kappa shape index (κ1) is 22.3. The van der Waals surface area contributed by atoms with E-state index >= 15 is 0 Å². The smallest absolute Gasteiger partial charge is 0.265 e. The van der Waals surface area contributed by atoms with Crippen LogP contribution in [0.15, 0.2) is 59.6 Å². The van der Waals surface area contributed by atoms with Gasteiger partial charge < -0.3 is 4.90 Å². The molecule has 1 amide bonds. The number of benzene rings is 2. The topological polar surface area (TPSA) is 87.7 Å². The van der Waals surface area contributed by atoms with Crippen LogP contribution < -0.4 is 0 Å². The summed E-state index contributed by atoms with van der Waals surface area (Å²) in [5.74, 6) is -0.883. The van der Waals surface area contributed by atoms with Gasteiger partial charge in [0.15, 0.2) is 5.78 Å². The summed E-state index contributed by atoms with van der Waals surface area (Å²) in [6.07, 6.45) is 1.42. The van der Waals surface area contributed by atoms with Crippen LogP contribution in [0.3, 0.4) is 0 Å². The third kappa shape index (κ3) is 4.34. The van der Waals surface area contributed by atoms with Crippen LogP contribution in [0.4, 0.5) is 4.39 Å². The van der Waals surface area contributed by atoms with Crippen molar-refractivity contribution in [3.63, 3.8) is 0 Å². The number of aromatic nitrogens is 1. The van der Waals surface area contributed by atoms with Crippen LogP contribution in [0, 0.1) is 5.82 Å². The number of nitrogens with zero attached hydrogens (tertiary/aromatic N) is 3. The van der Waals surface area contributed by atoms with Gasteiger partial charge in [-0.3, -0.25) is 9.59 Å². The fourth-order valence-electron chi connectivity index (χ4n) is 3.44. The molecule has 0 unspecified atom stereocenters. The lowest BCUT2D eigenvalue weighted by Crippen LogP contribution is -2.50. The highest BCUT2D eigenvalue weighted by molar-refractivity contribution is 7.89. The van der Waals surface area contributed by atoms with Crippen LogP contribution in [0.1, 0.15) is 27.0 Å². The molecule has 0 bridgehead atoms. The molecule has 4 rings (SSSR count). The Balaban J connectivity index is 1.45. The molecule has 166 valence electrons. The highest BCUT2D eigenvalue weighted by Gasteiger charge is 2.31. The van der Waals surface area contributed by atoms with Gasteiger partial charge in [-0.15, -0.1) is 11.3 Å². The maximum absolute atomic E-state index is 14.0. The van der Waals surface area contributed by atoms with E-state index in [0.29, 0.717) is 21.0 Å². The second-order valence-electron chi connectivity index (χ2n) is 7.29. The highest BCUT2D eigenvalue weighted by Crippen LogP contribution is 2.28. The van der Waals surface area contributed by atoms with E-state index in [0.717, 1.165) is 11.3 Å². The minimum atomic E-state index is -3.78. The van der Waals surface area contributed by atoms with E-state index in [2.05, 4.69) is 4.98 Å². The molecule has 1 aliphatic heterocycles. The SMILES string of the molecule is CC(=O)c1cccc(S(=O)(=O)N2CCN(C(=O)c3cnc(-c4ccccc4F)s3)CC2)c1. The number of Topliss-reactive ketones (excluding diaryl/α,β-unsaturated/α-hetero) is 1. The van der Waals surface area contributed by atoms with Crippen molar-refractivity contribution in [3.8, 4) is 10.6 Å². The predicted molar refractivity (Wildman–Crippen MR) is 119 cm³/mol. The minimum absolute atomic E-state index is 0.0574. The Morgan fingerprint density at radius 2 is 1.75 bits per heavy atom. The molecule has 1 saturated heterocycles. The number of carbonyl (C=O) groups excluding carboxylic acids is 2. The quantitative estimate of drug-likeness (QED) is 0.531. The van der Waals surface area contributed by atoms with Crippen molar-refractivity contribution in [1.29, 1.82) is 0 Å². The molecule has 0 aliphatic carbocycles. The van der Waals surface area contributed by atoms with Gasteiger partial charge in [-0.05, 0) is 31.2 Å². The van der Waals surface area contributed by atoms with Crippen LogP contribution in [0.2, 0.25) is 0 Å². The number of carbonyl (C=O) groups is 2. The molecule has 1 aliphatic rings. The highest BCUT2D eigenvalue weighted by atomic mass is 32.2. The number of hydrogen-bond acceptors (Lipinski definition) is 6. The Bertz CT molecular complexity index is 1280. The summed E-state index contributed by atoms with van der Waals surface area (Å²) in [6, 6.07) is 12.2. The zero-order valence-electron chi connectivity index (χ0n) is 17.2. The lowest BCUT2D eigenvalue weighted by Gasteiger charge is -2.33. The molecule has 2 aromatic carbocycles. The van der Waals surface area contributed by atoms with Gasteiger partial charge in [-0.25, -0.2) is 17.8 Å². The summed E-state index contributed by atoms with van der Waals surface area (Å²) in [4.78, 5) is 30.6. The Hall–Kier alpha value is -2.95. The summed E-state index contributed by atoms with van der Waals surface area (Å²) in [6.45, 7) is 2.09. The van der Waals surface area contributed by atoms with E-state index in [1.807, 2.05) is 0 Å². The Kier molecular flexibility index (Phi) is 6.18. The van der Waals surface area contributed by atoms with Gasteiger partial charge in [0.1, 0.15) is 15.7 Å². The average Bonchev–Trinajstić information content (AvgIpc) is 3.29. The second kappa shape index (κ2) is 8.89. The molecule has 0 N–H and O–H groups in total. The first-order chi connectivity index (χ1) is 15.3. The summed E-state index contributed by atoms with van der Waals surface area (Å²) in [5, 5.41) is 0.415. The van der Waals surface area contributed by atoms with Crippen molar-refractivity contribution in [2.45, 2.75) is 11.8 Å². The number of piperazine rings is 1. The minimum Gasteiger partial charge on any atom is -0.335 e. The van der Waals surface area contributed by atoms with E-state index in [4.69, 9.17) is 0 Å². The maximum Gasteiger partial charge on any atom is 0.265 e. The molecule has 0 saturated carbocycles. The Morgan fingerprint density at radius 1 is 1.03 bits per heavy atom. The molecular weight excluding hydrogens is 453 g/mol. The van der Waals surface area contributed by atoms with Gasteiger partial charge in [-0.2, -0.15) is 4.31 Å². The number of sulfonamides is 1. The fraction of sp³-hybridized carbons (Fsp3) is 0.227. The predicted octanol–water partition coefficient (Wildman–Crippen LogP) is 3.30. The van der Waals surface area contributed by atoms with Crippen molar-refractivity contribution in [1.82, 2.24) is 14.2 Å². The van der Waals surface area contributed by atoms with Crippen LogP contribution in [0.5, 0.6) is 0 Å². The van der Waals surface area contributed by atoms with Crippen LogP contribution >= 0.6 is 11.3 Å². The monoisotopic (exact) mass is 473 g/mol. The van der Waals surface area contributed by atoms with E-state index in [1.165, 1.54) is 35.6 Å². The molecule has 0 radical (unpaired) electrons. The molecule has 7 nitrogen and oxygen atoms in total. The average molecular weight is 474 g/mol. The number of thiazole rings is 1. The van der Waals surface area contributed by atoms with E-state index in [-0.39, 0.29) is 42.8 Å². The Morgan fingerprint density at radius 3 is 2.44 bits per heavy atom. The first-order valence-corrected chi connectivity index (χ1v) is 12.1. The maximum atomic E-state index is 14.0. The van der Waals surface area contributed by atoms with E-state index < -0.39 is 15.8 Å². The van der Waals surface area contributed by atoms with E-state index in [9.17, 15) is 22.4 Å². The van der Waals surface area contributed by atoms with Crippen LogP contribution in [0.25, 0.3) is 10.6 Å². The first-order valence-electron chi connectivity index (χ1n) is 9.88. The number of ketones is 1. The summed E-state index contributed by atoms with van der Waals surface area (Å²) < 4.78 is 41.2. The molecule has 0 spiro atoms. The number of rotatable bonds is 5. The molecule has 3 aromatic rings. The standard InChI is InChI=1S/C22H20FN3O4S2/c1-15(27)16-5-4-6-17(13-16)32(29,30)26-11-9-25(10-12-26)22(28)20-14-24-21(31-20)18-7-2-3-8-19(18)23/h2-8,13-14H,9-12H2,1H3. The van der Waals surface area contributed by atoms with Gasteiger partial charge in [-0.1, -0.05) is 24.3 Å². The Labute approximate surface area is 189 Å². The summed E-state index contributed by atoms with van der Waals surface area (Å²) in [7, 11) is -3.78. The molecule has 1 fully saturated rings. The molecule has 1 aromatic heterocycles. The largest absolute Gasteiger partial charge is 0.335 e. The normalized spacial score (nSPS) is 15.0. The third-order valence-electron chi connectivity index (χ3n) is 5.22. The van der Waals surface area contributed by atoms with Gasteiger partial charge in [0, 0.05) is 37.3 Å². The van der Waals surface area contributed by atoms with Crippen LogP contribution in [-0.2, 0) is 10.0 Å². The van der Waals surface area contributed by atoms with Crippen molar-refractivity contribution >= 4 is 33.1 Å². The molecular formula is C22H20FN3O4S2. The van der Waals surface area contributed by atoms with Crippen molar-refractivity contribution in [2.75, 3.05) is 26.2 Å². The zero-order chi connectivity index (χ0) is 22.9. The molecule has 32 heavy (non-hydrogen) atoms. The number of amides is 1. The molecule has 0 atom stereocenters. The van der Waals surface area contributed by atoms with Gasteiger partial charge in [0.2, 0.25) is 10.0 Å². The van der Waals surface area contributed by atoms with Crippen molar-refractivity contribution in [3.05, 3.63) is 71.0 Å². The fourth-order valence-corrected chi connectivity index (χ4v) is 5.82. The second-order valence-corrected chi connectivity index (χ2v) is 10.3. The third-order valence-corrected chi connectivity index (χ3v) is 8.14. The van der Waals surface area contributed by atoms with Gasteiger partial charge in [0.25, 0.3) is 5.91 Å². The summed E-state index contributed by atoms with van der Waals surface area (Å²) >= 11 is 1.10. The lowest BCUT2D eigenvalue weighted by atomic mass is 10.2. The molecule has 10 heteroatoms. The number of halogens is 1. The zero-order valence-corrected chi connectivity index (χ0v) is 18.8. The number of hydrogen-bond donors (Lipinski definition) is 0. The van der Waals surface area contributed by atoms with Gasteiger partial charge >= 0.3 is 0 Å². The molecule has 2 heterocycles. The lowest BCUT2D eigenvalue weighted by molar-refractivity contribution is 0.0702. The van der Waals surface area contributed by atoms with Crippen molar-refractivity contribution in [2.24, 2.45) is 0 Å². The van der Waals surface area contributed by atoms with Crippen LogP contribution in [-0.4, -0.2) is 60.5 Å². The summed E-state index contributed by atoms with van der Waals surface area (Å²) in [5.41, 5.74) is 0.663. The van der Waals surface area contributed by atoms with Crippen molar-refractivity contribution < 1.29 is 22.4 Å². The van der Waals surface area contributed by atoms with Gasteiger partial charge in [0.05, 0.1) is 11.1 Å². The van der Waals surface area contributed by atoms with E-state index in [1.54, 1.807) is 35.2 Å².